The lowest BCUT2D eigenvalue weighted by atomic mass is 9.89. The molecule has 0 bridgehead atoms. The number of aromatic nitrogens is 2. The molecule has 0 saturated heterocycles. The summed E-state index contributed by atoms with van der Waals surface area (Å²) < 4.78 is 5.13. The van der Waals surface area contributed by atoms with Crippen molar-refractivity contribution < 1.29 is 14.3 Å². The number of aryl methyl sites for hydroxylation is 2. The normalized spacial score (nSPS) is 14.0. The molecule has 4 rings (SSSR count). The van der Waals surface area contributed by atoms with Crippen LogP contribution in [-0.4, -0.2) is 28.7 Å². The maximum Gasteiger partial charge on any atom is 0.312 e. The van der Waals surface area contributed by atoms with Crippen LogP contribution in [0.3, 0.4) is 0 Å². The molecule has 0 spiro atoms. The van der Waals surface area contributed by atoms with Crippen LogP contribution in [0.2, 0.25) is 0 Å². The fraction of sp³-hybridized carbons (Fsp3) is 0.333. The molecule has 1 atom stereocenters. The molecular weight excluding hydrogens is 394 g/mol. The van der Waals surface area contributed by atoms with Crippen LogP contribution in [0.5, 0.6) is 0 Å². The molecule has 2 N–H and O–H groups in total. The molecule has 1 aromatic heterocycles. The lowest BCUT2D eigenvalue weighted by Crippen LogP contribution is -2.31. The van der Waals surface area contributed by atoms with Crippen molar-refractivity contribution >= 4 is 22.6 Å². The number of H-pyrrole nitrogens is 1. The molecule has 1 amide bonds. The second kappa shape index (κ2) is 9.12. The molecule has 7 heteroatoms. The Morgan fingerprint density at radius 1 is 1.10 bits per heavy atom. The van der Waals surface area contributed by atoms with Gasteiger partial charge < -0.3 is 10.1 Å². The van der Waals surface area contributed by atoms with Gasteiger partial charge in [-0.3, -0.25) is 14.4 Å². The average molecular weight is 419 g/mol. The minimum Gasteiger partial charge on any atom is -0.455 e. The standard InChI is InChI=1S/C24H25N3O4/c1-15(17-11-10-16-6-2-3-7-18(16)12-17)25-22(28)14-31-23(29)13-21-19-8-4-5-9-20(19)24(30)27-26-21/h4-5,8-12,15H,2-3,6-7,13-14H2,1H3,(H,25,28)(H,27,30)/t15-/m1/s1. The molecule has 1 aliphatic carbocycles. The van der Waals surface area contributed by atoms with Crippen molar-refractivity contribution in [2.45, 2.75) is 45.1 Å². The van der Waals surface area contributed by atoms with Crippen LogP contribution in [0.4, 0.5) is 0 Å². The van der Waals surface area contributed by atoms with E-state index < -0.39 is 5.97 Å². The second-order valence-electron chi connectivity index (χ2n) is 7.91. The Kier molecular flexibility index (Phi) is 6.11. The fourth-order valence-electron chi connectivity index (χ4n) is 4.03. The number of aromatic amines is 1. The quantitative estimate of drug-likeness (QED) is 0.599. The first-order valence-electron chi connectivity index (χ1n) is 10.5. The van der Waals surface area contributed by atoms with Crippen molar-refractivity contribution in [1.29, 1.82) is 0 Å². The summed E-state index contributed by atoms with van der Waals surface area (Å²) in [6.07, 6.45) is 4.49. The SMILES string of the molecule is C[C@@H](NC(=O)COC(=O)Cc1n[nH]c(=O)c2ccccc12)c1ccc2c(c1)CCCC2. The molecular formula is C24H25N3O4. The van der Waals surface area contributed by atoms with Crippen LogP contribution in [0.1, 0.15) is 48.2 Å². The van der Waals surface area contributed by atoms with Gasteiger partial charge in [-0.2, -0.15) is 5.10 Å². The number of nitrogens with one attached hydrogen (secondary N) is 2. The molecule has 2 aromatic carbocycles. The maximum absolute atomic E-state index is 12.3. The van der Waals surface area contributed by atoms with Crippen molar-refractivity contribution in [3.05, 3.63) is 75.2 Å². The monoisotopic (exact) mass is 419 g/mol. The van der Waals surface area contributed by atoms with Gasteiger partial charge in [-0.05, 0) is 55.4 Å². The first kappa shape index (κ1) is 20.8. The van der Waals surface area contributed by atoms with E-state index in [2.05, 4.69) is 27.6 Å². The summed E-state index contributed by atoms with van der Waals surface area (Å²) in [4.78, 5) is 36.3. The Labute approximate surface area is 179 Å². The topological polar surface area (TPSA) is 101 Å². The fourth-order valence-corrected chi connectivity index (χ4v) is 4.03. The second-order valence-corrected chi connectivity index (χ2v) is 7.91. The smallest absolute Gasteiger partial charge is 0.312 e. The Bertz CT molecular complexity index is 1180. The Morgan fingerprint density at radius 3 is 2.65 bits per heavy atom. The molecule has 0 fully saturated rings. The lowest BCUT2D eigenvalue weighted by Gasteiger charge is -2.20. The first-order valence-corrected chi connectivity index (χ1v) is 10.5. The predicted molar refractivity (Wildman–Crippen MR) is 117 cm³/mol. The van der Waals surface area contributed by atoms with E-state index in [9.17, 15) is 14.4 Å². The minimum atomic E-state index is -0.582. The van der Waals surface area contributed by atoms with Crippen LogP contribution in [-0.2, 0) is 33.6 Å². The van der Waals surface area contributed by atoms with Crippen molar-refractivity contribution in [2.75, 3.05) is 6.61 Å². The number of carbonyl (C=O) groups excluding carboxylic acids is 2. The average Bonchev–Trinajstić information content (AvgIpc) is 2.79. The number of esters is 1. The van der Waals surface area contributed by atoms with Gasteiger partial charge in [-0.25, -0.2) is 5.10 Å². The molecule has 1 heterocycles. The van der Waals surface area contributed by atoms with Crippen LogP contribution in [0.15, 0.2) is 47.3 Å². The number of ether oxygens (including phenoxy) is 1. The largest absolute Gasteiger partial charge is 0.455 e. The van der Waals surface area contributed by atoms with Gasteiger partial charge >= 0.3 is 5.97 Å². The summed E-state index contributed by atoms with van der Waals surface area (Å²) in [5.74, 6) is -0.945. The van der Waals surface area contributed by atoms with Crippen LogP contribution in [0.25, 0.3) is 10.8 Å². The summed E-state index contributed by atoms with van der Waals surface area (Å²) >= 11 is 0. The van der Waals surface area contributed by atoms with Crippen molar-refractivity contribution in [3.8, 4) is 0 Å². The number of carbonyl (C=O) groups is 2. The van der Waals surface area contributed by atoms with Crippen molar-refractivity contribution in [1.82, 2.24) is 15.5 Å². The van der Waals surface area contributed by atoms with E-state index in [1.807, 2.05) is 13.0 Å². The highest BCUT2D eigenvalue weighted by Crippen LogP contribution is 2.24. The van der Waals surface area contributed by atoms with E-state index in [1.54, 1.807) is 24.3 Å². The summed E-state index contributed by atoms with van der Waals surface area (Å²) in [5, 5.41) is 10.3. The number of fused-ring (bicyclic) bond motifs is 2. The zero-order chi connectivity index (χ0) is 21.8. The van der Waals surface area contributed by atoms with Gasteiger partial charge in [-0.15, -0.1) is 0 Å². The van der Waals surface area contributed by atoms with Gasteiger partial charge in [0, 0.05) is 5.39 Å². The first-order chi connectivity index (χ1) is 15.0. The van der Waals surface area contributed by atoms with Crippen LogP contribution >= 0.6 is 0 Å². The third-order valence-electron chi connectivity index (χ3n) is 5.70. The molecule has 7 nitrogen and oxygen atoms in total. The number of hydrogen-bond donors (Lipinski definition) is 2. The Hall–Kier alpha value is -3.48. The molecule has 0 radical (unpaired) electrons. The summed E-state index contributed by atoms with van der Waals surface area (Å²) in [5.41, 5.74) is 3.89. The number of nitrogens with zero attached hydrogens (tertiary/aromatic N) is 1. The van der Waals surface area contributed by atoms with Gasteiger partial charge in [0.25, 0.3) is 11.5 Å². The van der Waals surface area contributed by atoms with Gasteiger partial charge in [0.1, 0.15) is 0 Å². The van der Waals surface area contributed by atoms with Crippen molar-refractivity contribution in [2.24, 2.45) is 0 Å². The Morgan fingerprint density at radius 2 is 1.84 bits per heavy atom. The molecule has 1 aliphatic rings. The number of amides is 1. The maximum atomic E-state index is 12.3. The van der Waals surface area contributed by atoms with Gasteiger partial charge in [0.2, 0.25) is 0 Å². The van der Waals surface area contributed by atoms with E-state index in [-0.39, 0.29) is 30.5 Å². The van der Waals surface area contributed by atoms with Crippen molar-refractivity contribution in [3.63, 3.8) is 0 Å². The summed E-state index contributed by atoms with van der Waals surface area (Å²) in [6.45, 7) is 1.55. The molecule has 0 unspecified atom stereocenters. The van der Waals surface area contributed by atoms with E-state index in [0.29, 0.717) is 16.5 Å². The highest BCUT2D eigenvalue weighted by Gasteiger charge is 2.16. The molecule has 0 saturated carbocycles. The van der Waals surface area contributed by atoms with Crippen LogP contribution in [0, 0.1) is 0 Å². The molecule has 31 heavy (non-hydrogen) atoms. The van der Waals surface area contributed by atoms with Gasteiger partial charge in [0.05, 0.1) is 23.5 Å². The van der Waals surface area contributed by atoms with E-state index in [0.717, 1.165) is 18.4 Å². The zero-order valence-electron chi connectivity index (χ0n) is 17.4. The Balaban J connectivity index is 1.32. The van der Waals surface area contributed by atoms with Gasteiger partial charge in [-0.1, -0.05) is 36.4 Å². The summed E-state index contributed by atoms with van der Waals surface area (Å²) in [6, 6.07) is 13.1. The third kappa shape index (κ3) is 4.82. The summed E-state index contributed by atoms with van der Waals surface area (Å²) in [7, 11) is 0. The zero-order valence-corrected chi connectivity index (χ0v) is 17.4. The van der Waals surface area contributed by atoms with E-state index >= 15 is 0 Å². The molecule has 0 aliphatic heterocycles. The predicted octanol–water partition coefficient (Wildman–Crippen LogP) is 2.77. The third-order valence-corrected chi connectivity index (χ3v) is 5.70. The lowest BCUT2D eigenvalue weighted by molar-refractivity contribution is -0.148. The number of hydrogen-bond acceptors (Lipinski definition) is 5. The minimum absolute atomic E-state index is 0.134. The molecule has 3 aromatic rings. The van der Waals surface area contributed by atoms with E-state index in [1.165, 1.54) is 24.0 Å². The number of rotatable bonds is 6. The van der Waals surface area contributed by atoms with E-state index in [4.69, 9.17) is 4.74 Å². The highest BCUT2D eigenvalue weighted by molar-refractivity contribution is 5.87. The number of benzene rings is 2. The van der Waals surface area contributed by atoms with Crippen LogP contribution < -0.4 is 10.9 Å². The molecule has 160 valence electrons. The highest BCUT2D eigenvalue weighted by atomic mass is 16.5. The van der Waals surface area contributed by atoms with Gasteiger partial charge in [0.15, 0.2) is 6.61 Å².